The molecule has 11 heteroatoms. The van der Waals surface area contributed by atoms with E-state index in [1.54, 1.807) is 0 Å². The second kappa shape index (κ2) is 8.20. The molecule has 0 aliphatic rings. The molecule has 0 spiro atoms. The fraction of sp³-hybridized carbons (Fsp3) is 0.300. The average Bonchev–Trinajstić information content (AvgIpc) is 2.97. The molecule has 0 radical (unpaired) electrons. The quantitative estimate of drug-likeness (QED) is 0.517. The van der Waals surface area contributed by atoms with Gasteiger partial charge in [-0.15, -0.1) is 0 Å². The Kier molecular flexibility index (Phi) is 5.97. The molecule has 31 heavy (non-hydrogen) atoms. The van der Waals surface area contributed by atoms with E-state index >= 15 is 0 Å². The lowest BCUT2D eigenvalue weighted by Gasteiger charge is -2.15. The second-order valence-electron chi connectivity index (χ2n) is 7.05. The molecule has 1 N–H and O–H groups in total. The molecule has 2 aromatic heterocycles. The number of aromatic nitrogens is 2. The van der Waals surface area contributed by atoms with Gasteiger partial charge in [-0.3, -0.25) is 9.20 Å². The van der Waals surface area contributed by atoms with Crippen molar-refractivity contribution in [1.29, 1.82) is 0 Å². The van der Waals surface area contributed by atoms with E-state index in [1.807, 2.05) is 0 Å². The molecule has 0 aliphatic heterocycles. The Labute approximate surface area is 171 Å². The van der Waals surface area contributed by atoms with Crippen LogP contribution in [0.3, 0.4) is 0 Å². The number of alkyl halides is 6. The van der Waals surface area contributed by atoms with Crippen LogP contribution in [-0.4, -0.2) is 21.5 Å². The number of benzene rings is 1. The largest absolute Gasteiger partial charge is 0.416 e. The number of nitrogens with one attached hydrogen (secondary N) is 1. The van der Waals surface area contributed by atoms with Gasteiger partial charge in [0.25, 0.3) is 0 Å². The summed E-state index contributed by atoms with van der Waals surface area (Å²) in [6.07, 6.45) is -8.89. The number of fused-ring (bicyclic) bond motifs is 1. The molecule has 0 saturated heterocycles. The van der Waals surface area contributed by atoms with Crippen LogP contribution in [0.5, 0.6) is 0 Å². The number of amides is 1. The van der Waals surface area contributed by atoms with Crippen molar-refractivity contribution >= 4 is 17.4 Å². The standard InChI is InChI=1S/C20H16F7N3O/c1-11(19(22,23)24)8-17(31)29-18-15(30-10-14(21)6-7-16(30)28-18)9-12-2-4-13(5-3-12)20(25,26)27/h2-7,10-11H,8-9H2,1H3,(H,29,31). The van der Waals surface area contributed by atoms with Crippen LogP contribution in [0.25, 0.3) is 5.65 Å². The van der Waals surface area contributed by atoms with Gasteiger partial charge in [-0.05, 0) is 29.8 Å². The summed E-state index contributed by atoms with van der Waals surface area (Å²) < 4.78 is 91.5. The third-order valence-electron chi connectivity index (χ3n) is 4.64. The van der Waals surface area contributed by atoms with Crippen molar-refractivity contribution in [2.24, 2.45) is 5.92 Å². The van der Waals surface area contributed by atoms with Crippen molar-refractivity contribution in [3.05, 3.63) is 65.2 Å². The van der Waals surface area contributed by atoms with Crippen molar-refractivity contribution in [3.8, 4) is 0 Å². The van der Waals surface area contributed by atoms with E-state index in [4.69, 9.17) is 0 Å². The lowest BCUT2D eigenvalue weighted by molar-refractivity contribution is -0.173. The van der Waals surface area contributed by atoms with E-state index in [0.717, 1.165) is 31.3 Å². The third-order valence-corrected chi connectivity index (χ3v) is 4.64. The van der Waals surface area contributed by atoms with E-state index in [0.29, 0.717) is 5.56 Å². The molecule has 0 fully saturated rings. The number of halogens is 7. The summed E-state index contributed by atoms with van der Waals surface area (Å²) in [6.45, 7) is 0.863. The molecule has 3 aromatic rings. The van der Waals surface area contributed by atoms with Gasteiger partial charge in [0.05, 0.1) is 17.2 Å². The van der Waals surface area contributed by atoms with Crippen molar-refractivity contribution in [2.75, 3.05) is 5.32 Å². The minimum absolute atomic E-state index is 0.0484. The fourth-order valence-electron chi connectivity index (χ4n) is 2.92. The van der Waals surface area contributed by atoms with Gasteiger partial charge < -0.3 is 5.32 Å². The number of carbonyl (C=O) groups is 1. The van der Waals surface area contributed by atoms with Crippen LogP contribution in [0.1, 0.15) is 30.2 Å². The molecule has 4 nitrogen and oxygen atoms in total. The Bertz CT molecular complexity index is 1090. The molecule has 3 rings (SSSR count). The highest BCUT2D eigenvalue weighted by Crippen LogP contribution is 2.31. The molecule has 1 amide bonds. The van der Waals surface area contributed by atoms with Crippen LogP contribution in [0.2, 0.25) is 0 Å². The number of anilines is 1. The second-order valence-corrected chi connectivity index (χ2v) is 7.05. The van der Waals surface area contributed by atoms with Gasteiger partial charge in [-0.2, -0.15) is 26.3 Å². The number of carbonyl (C=O) groups excluding carboxylic acids is 1. The van der Waals surface area contributed by atoms with Crippen LogP contribution >= 0.6 is 0 Å². The molecule has 0 aliphatic carbocycles. The normalized spacial score (nSPS) is 13.4. The van der Waals surface area contributed by atoms with Gasteiger partial charge in [0.2, 0.25) is 5.91 Å². The van der Waals surface area contributed by atoms with E-state index < -0.39 is 42.0 Å². The molecule has 0 bridgehead atoms. The molecule has 1 aromatic carbocycles. The van der Waals surface area contributed by atoms with Crippen molar-refractivity contribution in [1.82, 2.24) is 9.38 Å². The lowest BCUT2D eigenvalue weighted by Crippen LogP contribution is -2.26. The number of pyridine rings is 1. The fourth-order valence-corrected chi connectivity index (χ4v) is 2.92. The van der Waals surface area contributed by atoms with Crippen LogP contribution in [-0.2, 0) is 17.4 Å². The van der Waals surface area contributed by atoms with Gasteiger partial charge in [-0.25, -0.2) is 9.37 Å². The zero-order valence-corrected chi connectivity index (χ0v) is 16.0. The van der Waals surface area contributed by atoms with Crippen molar-refractivity contribution in [3.63, 3.8) is 0 Å². The van der Waals surface area contributed by atoms with E-state index in [-0.39, 0.29) is 23.6 Å². The summed E-state index contributed by atoms with van der Waals surface area (Å²) in [7, 11) is 0. The molecule has 1 atom stereocenters. The molecule has 166 valence electrons. The summed E-state index contributed by atoms with van der Waals surface area (Å²) in [5, 5.41) is 2.30. The SMILES string of the molecule is CC(CC(=O)Nc1nc2ccc(F)cn2c1Cc1ccc(C(F)(F)F)cc1)C(F)(F)F. The first-order valence-corrected chi connectivity index (χ1v) is 9.04. The minimum atomic E-state index is -4.55. The first-order chi connectivity index (χ1) is 14.3. The lowest BCUT2D eigenvalue weighted by atomic mass is 10.1. The van der Waals surface area contributed by atoms with Crippen molar-refractivity contribution in [2.45, 2.75) is 32.1 Å². The van der Waals surface area contributed by atoms with Crippen molar-refractivity contribution < 1.29 is 35.5 Å². The molecular weight excluding hydrogens is 431 g/mol. The van der Waals surface area contributed by atoms with Gasteiger partial charge in [0.1, 0.15) is 11.5 Å². The number of rotatable bonds is 5. The summed E-state index contributed by atoms with van der Waals surface area (Å²) >= 11 is 0. The maximum atomic E-state index is 13.7. The summed E-state index contributed by atoms with van der Waals surface area (Å²) in [6, 6.07) is 6.61. The highest BCUT2D eigenvalue weighted by Gasteiger charge is 2.37. The Morgan fingerprint density at radius 1 is 1.06 bits per heavy atom. The van der Waals surface area contributed by atoms with E-state index in [1.165, 1.54) is 22.6 Å². The number of nitrogens with zero attached hydrogens (tertiary/aromatic N) is 2. The minimum Gasteiger partial charge on any atom is -0.309 e. The summed E-state index contributed by atoms with van der Waals surface area (Å²) in [4.78, 5) is 16.2. The Morgan fingerprint density at radius 3 is 2.29 bits per heavy atom. The Morgan fingerprint density at radius 2 is 1.71 bits per heavy atom. The first kappa shape index (κ1) is 22.6. The zero-order valence-electron chi connectivity index (χ0n) is 16.0. The first-order valence-electron chi connectivity index (χ1n) is 9.04. The predicted molar refractivity (Wildman–Crippen MR) is 97.9 cm³/mol. The molecule has 0 saturated carbocycles. The smallest absolute Gasteiger partial charge is 0.309 e. The Hall–Kier alpha value is -3.11. The monoisotopic (exact) mass is 447 g/mol. The number of imidazole rings is 1. The molecular formula is C20H16F7N3O. The maximum absolute atomic E-state index is 13.7. The molecule has 1 unspecified atom stereocenters. The summed E-state index contributed by atoms with van der Waals surface area (Å²) in [5.41, 5.74) is -0.0296. The predicted octanol–water partition coefficient (Wildman–Crippen LogP) is 5.61. The average molecular weight is 447 g/mol. The third kappa shape index (κ3) is 5.33. The zero-order chi connectivity index (χ0) is 23.0. The number of hydrogen-bond acceptors (Lipinski definition) is 2. The topological polar surface area (TPSA) is 46.4 Å². The van der Waals surface area contributed by atoms with Crippen LogP contribution in [0.15, 0.2) is 42.6 Å². The van der Waals surface area contributed by atoms with Crippen LogP contribution in [0, 0.1) is 11.7 Å². The Balaban J connectivity index is 1.92. The van der Waals surface area contributed by atoms with Gasteiger partial charge in [0.15, 0.2) is 5.82 Å². The maximum Gasteiger partial charge on any atom is 0.416 e. The summed E-state index contributed by atoms with van der Waals surface area (Å²) in [5.74, 6) is -3.56. The van der Waals surface area contributed by atoms with Gasteiger partial charge in [-0.1, -0.05) is 19.1 Å². The highest BCUT2D eigenvalue weighted by atomic mass is 19.4. The number of hydrogen-bond donors (Lipinski definition) is 1. The van der Waals surface area contributed by atoms with E-state index in [9.17, 15) is 35.5 Å². The van der Waals surface area contributed by atoms with Crippen LogP contribution in [0.4, 0.5) is 36.6 Å². The van der Waals surface area contributed by atoms with Gasteiger partial charge >= 0.3 is 12.4 Å². The van der Waals surface area contributed by atoms with E-state index in [2.05, 4.69) is 10.3 Å². The van der Waals surface area contributed by atoms with Gasteiger partial charge in [0, 0.05) is 19.0 Å². The molecule has 2 heterocycles. The van der Waals surface area contributed by atoms with Crippen LogP contribution < -0.4 is 5.32 Å². The highest BCUT2D eigenvalue weighted by molar-refractivity contribution is 5.91.